The number of fused-ring (bicyclic) bond motifs is 4. The Morgan fingerprint density at radius 1 is 0.452 bits per heavy atom. The van der Waals surface area contributed by atoms with Crippen molar-refractivity contribution < 1.29 is 14.2 Å². The van der Waals surface area contributed by atoms with Gasteiger partial charge in [0, 0.05) is 23.1 Å². The highest BCUT2D eigenvalue weighted by molar-refractivity contribution is 6.35. The molecule has 1 aliphatic rings. The number of allylic oxidation sites excluding steroid dienone is 2. The van der Waals surface area contributed by atoms with E-state index < -0.39 is 0 Å². The van der Waals surface area contributed by atoms with Crippen molar-refractivity contribution in [2.45, 2.75) is 27.2 Å². The van der Waals surface area contributed by atoms with Gasteiger partial charge in [0.2, 0.25) is 11.4 Å². The van der Waals surface area contributed by atoms with Gasteiger partial charge in [-0.1, -0.05) is 209 Å². The predicted octanol–water partition coefficient (Wildman–Crippen LogP) is 13.7. The Bertz CT molecular complexity index is 3100. The van der Waals surface area contributed by atoms with Crippen LogP contribution in [0.15, 0.2) is 200 Å². The zero-order valence-corrected chi connectivity index (χ0v) is 35.2. The van der Waals surface area contributed by atoms with Crippen molar-refractivity contribution in [2.24, 2.45) is 0 Å². The molecule has 0 saturated heterocycles. The second kappa shape index (κ2) is 16.1. The highest BCUT2D eigenvalue weighted by Gasteiger charge is 2.34. The number of nitrogens with zero attached hydrogens (tertiary/aromatic N) is 1. The lowest BCUT2D eigenvalue weighted by Gasteiger charge is -2.23. The van der Waals surface area contributed by atoms with E-state index in [0.29, 0.717) is 17.8 Å². The smallest absolute Gasteiger partial charge is 0.215 e. The third-order valence-electron chi connectivity index (χ3n) is 12.4. The van der Waals surface area contributed by atoms with Crippen molar-refractivity contribution in [3.05, 3.63) is 228 Å². The minimum atomic E-state index is -0.159. The summed E-state index contributed by atoms with van der Waals surface area (Å²) in [4.78, 5) is 29.6. The monoisotopic (exact) mass is 799 g/mol. The largest absolute Gasteiger partial charge is 0.327 e. The van der Waals surface area contributed by atoms with Crippen LogP contribution >= 0.6 is 0 Å². The number of hydrogen-bond donors (Lipinski definition) is 0. The van der Waals surface area contributed by atoms with E-state index in [1.807, 2.05) is 24.3 Å². The van der Waals surface area contributed by atoms with Crippen LogP contribution in [0.2, 0.25) is 0 Å². The first-order valence-corrected chi connectivity index (χ1v) is 21.4. The zero-order chi connectivity index (χ0) is 42.3. The standard InChI is InChI=1S/C59H45NO2/c1-38-28-30-46(31-29-38)59-47-27-17-16-26-45(47)32-33-60(59)58(40(3)62)56(39(2)61)57-54-36-50(43-22-12-6-13-23-43)48(41-18-8-4-9-19-41)34-52(54)53-35-49(42-20-10-5-11-21-42)51(37-55(53)57)44-24-14-7-15-25-44/h4-31,34-37H,32-33H2,1-3H3/b58-56+. The molecule has 0 bridgehead atoms. The van der Waals surface area contributed by atoms with Crippen molar-refractivity contribution >= 4 is 44.4 Å². The van der Waals surface area contributed by atoms with Gasteiger partial charge in [-0.3, -0.25) is 4.79 Å². The van der Waals surface area contributed by atoms with Crippen LogP contribution in [0.5, 0.6) is 0 Å². The fourth-order valence-electron chi connectivity index (χ4n) is 9.57. The van der Waals surface area contributed by atoms with Crippen molar-refractivity contribution in [3.8, 4) is 44.5 Å². The van der Waals surface area contributed by atoms with Gasteiger partial charge in [0.25, 0.3) is 0 Å². The molecule has 0 spiro atoms. The highest BCUT2D eigenvalue weighted by atomic mass is 16.1. The average molecular weight is 800 g/mol. The normalized spacial score (nSPS) is 13.0. The van der Waals surface area contributed by atoms with E-state index in [9.17, 15) is 9.59 Å². The van der Waals surface area contributed by atoms with Crippen LogP contribution < -0.4 is 0 Å². The first-order valence-electron chi connectivity index (χ1n) is 21.4. The second-order valence-corrected chi connectivity index (χ2v) is 16.3. The molecule has 0 aliphatic carbocycles. The number of benzene rings is 8. The van der Waals surface area contributed by atoms with E-state index in [4.69, 9.17) is 0 Å². The highest BCUT2D eigenvalue weighted by Crippen LogP contribution is 2.48. The summed E-state index contributed by atoms with van der Waals surface area (Å²) < 4.78 is 2.14. The fraction of sp³-hybridized carbons (Fsp3) is 0.0847. The lowest BCUT2D eigenvalue weighted by Crippen LogP contribution is -2.33. The van der Waals surface area contributed by atoms with Gasteiger partial charge in [-0.05, 0) is 89.0 Å². The number of ketones is 2. The SMILES string of the molecule is CC(=O)/C(=C(/C(C)=O)[N+]1=C(c2ccc(C)cc2)c2ccccc2CC1)[c-]1c2cc(-c3ccccc3)c(-c3ccccc3)cc2c2cc(-c3ccccc3)c(-c3ccccc3)cc21. The number of hydrogen-bond acceptors (Lipinski definition) is 2. The van der Waals surface area contributed by atoms with E-state index in [1.54, 1.807) is 13.8 Å². The van der Waals surface area contributed by atoms with Crippen LogP contribution in [-0.4, -0.2) is 28.4 Å². The summed E-state index contributed by atoms with van der Waals surface area (Å²) in [5.74, 6) is -0.317. The summed E-state index contributed by atoms with van der Waals surface area (Å²) in [7, 11) is 0. The summed E-state index contributed by atoms with van der Waals surface area (Å²) in [6.07, 6.45) is 0.729. The maximum absolute atomic E-state index is 14.9. The van der Waals surface area contributed by atoms with E-state index in [0.717, 1.165) is 100 Å². The van der Waals surface area contributed by atoms with E-state index >= 15 is 0 Å². The Hall–Kier alpha value is -7.62. The van der Waals surface area contributed by atoms with Gasteiger partial charge in [0.1, 0.15) is 12.3 Å². The quantitative estimate of drug-likeness (QED) is 0.0828. The summed E-state index contributed by atoms with van der Waals surface area (Å²) >= 11 is 0. The molecular weight excluding hydrogens is 755 g/mol. The van der Waals surface area contributed by atoms with Crippen LogP contribution in [0.25, 0.3) is 71.6 Å². The molecule has 0 atom stereocenters. The molecule has 298 valence electrons. The van der Waals surface area contributed by atoms with Crippen LogP contribution in [0.1, 0.15) is 41.7 Å². The molecule has 3 heteroatoms. The minimum Gasteiger partial charge on any atom is -0.327 e. The van der Waals surface area contributed by atoms with Crippen LogP contribution in [0.4, 0.5) is 0 Å². The van der Waals surface area contributed by atoms with Gasteiger partial charge in [-0.25, -0.2) is 4.58 Å². The molecule has 10 rings (SSSR count). The first-order chi connectivity index (χ1) is 30.4. The Morgan fingerprint density at radius 2 is 0.871 bits per heavy atom. The van der Waals surface area contributed by atoms with Crippen LogP contribution in [-0.2, 0) is 16.0 Å². The number of carbonyl (C=O) groups is 2. The summed E-state index contributed by atoms with van der Waals surface area (Å²) in [5.41, 5.74) is 15.6. The maximum Gasteiger partial charge on any atom is 0.215 e. The predicted molar refractivity (Wildman–Crippen MR) is 257 cm³/mol. The molecule has 0 N–H and O–H groups in total. The van der Waals surface area contributed by atoms with Crippen molar-refractivity contribution in [2.75, 3.05) is 6.54 Å². The van der Waals surface area contributed by atoms with Gasteiger partial charge < -0.3 is 4.79 Å². The molecule has 0 fully saturated rings. The molecule has 9 aromatic carbocycles. The first kappa shape index (κ1) is 38.6. The summed E-state index contributed by atoms with van der Waals surface area (Å²) in [5, 5.41) is 3.92. The van der Waals surface area contributed by atoms with Gasteiger partial charge in [0.05, 0.1) is 0 Å². The molecule has 1 heterocycles. The van der Waals surface area contributed by atoms with Crippen molar-refractivity contribution in [3.63, 3.8) is 0 Å². The Balaban J connectivity index is 1.41. The molecule has 0 unspecified atom stereocenters. The third-order valence-corrected chi connectivity index (χ3v) is 12.4. The Labute approximate surface area is 363 Å². The van der Waals surface area contributed by atoms with Gasteiger partial charge in [-0.15, -0.1) is 0 Å². The van der Waals surface area contributed by atoms with Crippen LogP contribution in [0, 0.1) is 6.92 Å². The number of aryl methyl sites for hydroxylation is 1. The fourth-order valence-corrected chi connectivity index (χ4v) is 9.57. The second-order valence-electron chi connectivity index (χ2n) is 16.3. The molecule has 0 aromatic heterocycles. The lowest BCUT2D eigenvalue weighted by molar-refractivity contribution is -0.470. The average Bonchev–Trinajstić information content (AvgIpc) is 3.62. The zero-order valence-electron chi connectivity index (χ0n) is 35.2. The molecule has 3 nitrogen and oxygen atoms in total. The summed E-state index contributed by atoms with van der Waals surface area (Å²) in [6.45, 7) is 5.87. The lowest BCUT2D eigenvalue weighted by atomic mass is 9.88. The van der Waals surface area contributed by atoms with E-state index in [-0.39, 0.29) is 11.6 Å². The molecule has 1 aliphatic heterocycles. The maximum atomic E-state index is 14.9. The van der Waals surface area contributed by atoms with E-state index in [1.165, 1.54) is 5.56 Å². The summed E-state index contributed by atoms with van der Waals surface area (Å²) in [6, 6.07) is 68.1. The van der Waals surface area contributed by atoms with Gasteiger partial charge in [0.15, 0.2) is 5.78 Å². The number of carbonyl (C=O) groups excluding carboxylic acids is 2. The molecule has 0 amide bonds. The van der Waals surface area contributed by atoms with Gasteiger partial charge in [-0.2, -0.15) is 0 Å². The third kappa shape index (κ3) is 6.82. The molecule has 0 saturated carbocycles. The number of rotatable bonds is 9. The van der Waals surface area contributed by atoms with E-state index in [2.05, 4.69) is 181 Å². The topological polar surface area (TPSA) is 37.1 Å². The van der Waals surface area contributed by atoms with Gasteiger partial charge >= 0.3 is 0 Å². The minimum absolute atomic E-state index is 0.157. The molecular formula is C59H45NO2. The molecule has 62 heavy (non-hydrogen) atoms. The number of Topliss-reactive ketones (excluding diaryl/α,β-unsaturated/α-hetero) is 2. The van der Waals surface area contributed by atoms with Crippen LogP contribution in [0.3, 0.4) is 0 Å². The Kier molecular flexibility index (Phi) is 10.0. The molecule has 9 aromatic rings. The Morgan fingerprint density at radius 3 is 1.31 bits per heavy atom. The molecule has 0 radical (unpaired) electrons. The van der Waals surface area contributed by atoms with Crippen molar-refractivity contribution in [1.82, 2.24) is 0 Å². The van der Waals surface area contributed by atoms with Crippen molar-refractivity contribution in [1.29, 1.82) is 0 Å².